The van der Waals surface area contributed by atoms with E-state index in [0.717, 1.165) is 31.6 Å². The van der Waals surface area contributed by atoms with Crippen molar-refractivity contribution >= 4 is 11.8 Å². The summed E-state index contributed by atoms with van der Waals surface area (Å²) >= 11 is 0. The van der Waals surface area contributed by atoms with E-state index in [-0.39, 0.29) is 5.91 Å². The molecule has 2 aromatic rings. The van der Waals surface area contributed by atoms with Crippen LogP contribution in [0.4, 0.5) is 0 Å². The summed E-state index contributed by atoms with van der Waals surface area (Å²) in [6, 6.07) is 9.53. The zero-order valence-electron chi connectivity index (χ0n) is 14.3. The number of hydrogen-bond donors (Lipinski definition) is 2. The highest BCUT2D eigenvalue weighted by Crippen LogP contribution is 2.26. The van der Waals surface area contributed by atoms with E-state index in [1.54, 1.807) is 7.11 Å². The van der Waals surface area contributed by atoms with Gasteiger partial charge >= 0.3 is 0 Å². The van der Waals surface area contributed by atoms with Gasteiger partial charge in [-0.2, -0.15) is 0 Å². The van der Waals surface area contributed by atoms with Crippen molar-refractivity contribution in [2.45, 2.75) is 19.3 Å². The summed E-state index contributed by atoms with van der Waals surface area (Å²) in [4.78, 5) is 28.6. The Morgan fingerprint density at radius 2 is 2.16 bits per heavy atom. The van der Waals surface area contributed by atoms with E-state index in [9.17, 15) is 9.59 Å². The van der Waals surface area contributed by atoms with Gasteiger partial charge < -0.3 is 20.4 Å². The number of H-pyrrole nitrogens is 1. The fourth-order valence-corrected chi connectivity index (χ4v) is 3.43. The standard InChI is InChI=1S/C19H23N3O3/c1-25-17-7-3-2-6-14(17)9-13-5-4-8-22(12-13)19(24)16-10-15(11-21-16)18(20)23/h2-3,6-7,10-11,13,21H,4-5,8-9,12H2,1H3,(H2,20,23). The molecule has 0 aliphatic carbocycles. The van der Waals surface area contributed by atoms with Crippen molar-refractivity contribution in [2.24, 2.45) is 11.7 Å². The van der Waals surface area contributed by atoms with Gasteiger partial charge in [0.25, 0.3) is 5.91 Å². The number of carbonyl (C=O) groups excluding carboxylic acids is 2. The second-order valence-electron chi connectivity index (χ2n) is 6.44. The quantitative estimate of drug-likeness (QED) is 0.874. The number of ether oxygens (including phenoxy) is 1. The molecule has 132 valence electrons. The molecular weight excluding hydrogens is 318 g/mol. The van der Waals surface area contributed by atoms with Crippen molar-refractivity contribution in [3.05, 3.63) is 53.3 Å². The second-order valence-corrected chi connectivity index (χ2v) is 6.44. The Balaban J connectivity index is 1.68. The molecule has 0 saturated carbocycles. The molecule has 3 N–H and O–H groups in total. The number of nitrogens with two attached hydrogens (primary N) is 1. The first-order valence-corrected chi connectivity index (χ1v) is 8.48. The Bertz CT molecular complexity index is 769. The number of carbonyl (C=O) groups is 2. The molecule has 1 unspecified atom stereocenters. The number of likely N-dealkylation sites (tertiary alicyclic amines) is 1. The van der Waals surface area contributed by atoms with Crippen molar-refractivity contribution in [3.8, 4) is 5.75 Å². The van der Waals surface area contributed by atoms with Gasteiger partial charge in [-0.25, -0.2) is 0 Å². The molecule has 1 aliphatic heterocycles. The lowest BCUT2D eigenvalue weighted by Crippen LogP contribution is -2.40. The monoisotopic (exact) mass is 341 g/mol. The van der Waals surface area contributed by atoms with Gasteiger partial charge in [0, 0.05) is 19.3 Å². The Labute approximate surface area is 147 Å². The van der Waals surface area contributed by atoms with Crippen LogP contribution in [0.1, 0.15) is 39.3 Å². The van der Waals surface area contributed by atoms with Crippen LogP contribution in [0.2, 0.25) is 0 Å². The summed E-state index contributed by atoms with van der Waals surface area (Å²) in [6.07, 6.45) is 4.41. The Morgan fingerprint density at radius 1 is 1.36 bits per heavy atom. The van der Waals surface area contributed by atoms with Gasteiger partial charge in [0.2, 0.25) is 5.91 Å². The summed E-state index contributed by atoms with van der Waals surface area (Å²) in [5.74, 6) is 0.654. The van der Waals surface area contributed by atoms with Crippen molar-refractivity contribution in [1.29, 1.82) is 0 Å². The van der Waals surface area contributed by atoms with Crippen LogP contribution >= 0.6 is 0 Å². The number of hydrogen-bond acceptors (Lipinski definition) is 3. The summed E-state index contributed by atoms with van der Waals surface area (Å²) in [5.41, 5.74) is 7.15. The summed E-state index contributed by atoms with van der Waals surface area (Å²) < 4.78 is 5.43. The molecular formula is C19H23N3O3. The highest BCUT2D eigenvalue weighted by Gasteiger charge is 2.26. The van der Waals surface area contributed by atoms with Gasteiger partial charge in [-0.1, -0.05) is 18.2 Å². The van der Waals surface area contributed by atoms with Crippen LogP contribution in [0.15, 0.2) is 36.5 Å². The summed E-state index contributed by atoms with van der Waals surface area (Å²) in [6.45, 7) is 1.42. The van der Waals surface area contributed by atoms with Crippen molar-refractivity contribution in [2.75, 3.05) is 20.2 Å². The largest absolute Gasteiger partial charge is 0.496 e. The molecule has 2 heterocycles. The molecule has 1 aromatic heterocycles. The van der Waals surface area contributed by atoms with Crippen molar-refractivity contribution < 1.29 is 14.3 Å². The van der Waals surface area contributed by atoms with Crippen LogP contribution < -0.4 is 10.5 Å². The van der Waals surface area contributed by atoms with Gasteiger partial charge in [-0.3, -0.25) is 9.59 Å². The summed E-state index contributed by atoms with van der Waals surface area (Å²) in [7, 11) is 1.68. The first-order valence-electron chi connectivity index (χ1n) is 8.48. The van der Waals surface area contributed by atoms with Gasteiger partial charge in [-0.15, -0.1) is 0 Å². The molecule has 25 heavy (non-hydrogen) atoms. The van der Waals surface area contributed by atoms with Crippen molar-refractivity contribution in [3.63, 3.8) is 0 Å². The predicted octanol–water partition coefficient (Wildman–Crippen LogP) is 2.22. The number of benzene rings is 1. The maximum absolute atomic E-state index is 12.7. The van der Waals surface area contributed by atoms with Gasteiger partial charge in [-0.05, 0) is 42.9 Å². The van der Waals surface area contributed by atoms with Crippen LogP contribution in [0, 0.1) is 5.92 Å². The Hall–Kier alpha value is -2.76. The normalized spacial score (nSPS) is 17.3. The third kappa shape index (κ3) is 3.84. The topological polar surface area (TPSA) is 88.4 Å². The number of nitrogens with one attached hydrogen (secondary N) is 1. The van der Waals surface area contributed by atoms with E-state index in [1.165, 1.54) is 17.8 Å². The maximum atomic E-state index is 12.7. The van der Waals surface area contributed by atoms with E-state index >= 15 is 0 Å². The fourth-order valence-electron chi connectivity index (χ4n) is 3.43. The van der Waals surface area contributed by atoms with E-state index in [0.29, 0.717) is 23.7 Å². The van der Waals surface area contributed by atoms with Gasteiger partial charge in [0.1, 0.15) is 11.4 Å². The summed E-state index contributed by atoms with van der Waals surface area (Å²) in [5, 5.41) is 0. The highest BCUT2D eigenvalue weighted by molar-refractivity contribution is 5.98. The lowest BCUT2D eigenvalue weighted by atomic mass is 9.90. The average Bonchev–Trinajstić information content (AvgIpc) is 3.12. The number of methoxy groups -OCH3 is 1. The third-order valence-electron chi connectivity index (χ3n) is 4.71. The first kappa shape index (κ1) is 17.1. The van der Waals surface area contributed by atoms with Crippen LogP contribution in [0.3, 0.4) is 0 Å². The van der Waals surface area contributed by atoms with Crippen molar-refractivity contribution in [1.82, 2.24) is 9.88 Å². The second kappa shape index (κ2) is 7.42. The zero-order chi connectivity index (χ0) is 17.8. The lowest BCUT2D eigenvalue weighted by Gasteiger charge is -2.32. The average molecular weight is 341 g/mol. The highest BCUT2D eigenvalue weighted by atomic mass is 16.5. The zero-order valence-corrected chi connectivity index (χ0v) is 14.3. The van der Waals surface area contributed by atoms with E-state index in [4.69, 9.17) is 10.5 Å². The number of para-hydroxylation sites is 1. The molecule has 1 fully saturated rings. The molecule has 0 radical (unpaired) electrons. The molecule has 1 atom stereocenters. The molecule has 1 aromatic carbocycles. The third-order valence-corrected chi connectivity index (χ3v) is 4.71. The molecule has 6 heteroatoms. The van der Waals surface area contributed by atoms with Gasteiger partial charge in [0.05, 0.1) is 12.7 Å². The van der Waals surface area contributed by atoms with Crippen LogP contribution in [-0.4, -0.2) is 41.9 Å². The molecule has 6 nitrogen and oxygen atoms in total. The number of piperidine rings is 1. The first-order chi connectivity index (χ1) is 12.1. The molecule has 3 rings (SSSR count). The van der Waals surface area contributed by atoms with E-state index in [2.05, 4.69) is 11.1 Å². The van der Waals surface area contributed by atoms with Gasteiger partial charge in [0.15, 0.2) is 0 Å². The SMILES string of the molecule is COc1ccccc1CC1CCCN(C(=O)c2cc(C(N)=O)c[nH]2)C1. The smallest absolute Gasteiger partial charge is 0.270 e. The number of primary amides is 1. The Morgan fingerprint density at radius 3 is 2.88 bits per heavy atom. The lowest BCUT2D eigenvalue weighted by molar-refractivity contribution is 0.0668. The molecule has 1 aliphatic rings. The van der Waals surface area contributed by atoms with Crippen LogP contribution in [0.25, 0.3) is 0 Å². The minimum absolute atomic E-state index is 0.0859. The number of rotatable bonds is 5. The predicted molar refractivity (Wildman–Crippen MR) is 94.6 cm³/mol. The maximum Gasteiger partial charge on any atom is 0.270 e. The minimum Gasteiger partial charge on any atom is -0.496 e. The number of nitrogens with zero attached hydrogens (tertiary/aromatic N) is 1. The molecule has 1 saturated heterocycles. The van der Waals surface area contributed by atoms with E-state index < -0.39 is 5.91 Å². The van der Waals surface area contributed by atoms with Crippen LogP contribution in [0.5, 0.6) is 5.75 Å². The molecule has 2 amide bonds. The minimum atomic E-state index is -0.539. The van der Waals surface area contributed by atoms with E-state index in [1.807, 2.05) is 23.1 Å². The number of aromatic amines is 1. The number of amides is 2. The Kier molecular flexibility index (Phi) is 5.07. The number of aromatic nitrogens is 1. The molecule has 0 bridgehead atoms. The fraction of sp³-hybridized carbons (Fsp3) is 0.368. The van der Waals surface area contributed by atoms with Crippen LogP contribution in [-0.2, 0) is 6.42 Å². The molecule has 0 spiro atoms.